The fourth-order valence-corrected chi connectivity index (χ4v) is 2.58. The molecule has 0 aliphatic heterocycles. The maximum atomic E-state index is 13.7. The summed E-state index contributed by atoms with van der Waals surface area (Å²) in [4.78, 5) is 4.10. The van der Waals surface area contributed by atoms with E-state index in [4.69, 9.17) is 5.73 Å². The van der Waals surface area contributed by atoms with Crippen LogP contribution in [0.3, 0.4) is 0 Å². The average molecular weight is 320 g/mol. The van der Waals surface area contributed by atoms with Crippen molar-refractivity contribution in [3.05, 3.63) is 52.3 Å². The highest BCUT2D eigenvalue weighted by Crippen LogP contribution is 2.30. The molecule has 3 aromatic rings. The first kappa shape index (κ1) is 12.2. The van der Waals surface area contributed by atoms with Crippen LogP contribution < -0.4 is 5.73 Å². The van der Waals surface area contributed by atoms with Gasteiger partial charge in [-0.2, -0.15) is 0 Å². The van der Waals surface area contributed by atoms with E-state index < -0.39 is 0 Å². The Bertz CT molecular complexity index is 780. The van der Waals surface area contributed by atoms with Gasteiger partial charge in [-0.05, 0) is 46.6 Å². The summed E-state index contributed by atoms with van der Waals surface area (Å²) < 4.78 is 16.4. The number of nitrogens with two attached hydrogens (primary N) is 1. The summed E-state index contributed by atoms with van der Waals surface area (Å²) in [6.45, 7) is 1.99. The number of benzene rings is 2. The van der Waals surface area contributed by atoms with E-state index in [0.29, 0.717) is 5.52 Å². The summed E-state index contributed by atoms with van der Waals surface area (Å²) in [5, 5.41) is 0. The largest absolute Gasteiger partial charge is 0.369 e. The lowest BCUT2D eigenvalue weighted by Crippen LogP contribution is -2.02. The number of nitrogens with zero attached hydrogens (tertiary/aromatic N) is 2. The number of halogens is 2. The molecule has 0 aliphatic carbocycles. The molecule has 96 valence electrons. The molecule has 1 aromatic heterocycles. The van der Waals surface area contributed by atoms with Crippen LogP contribution in [0, 0.1) is 12.7 Å². The van der Waals surface area contributed by atoms with Gasteiger partial charge >= 0.3 is 0 Å². The topological polar surface area (TPSA) is 43.8 Å². The zero-order valence-corrected chi connectivity index (χ0v) is 11.8. The zero-order chi connectivity index (χ0) is 13.6. The number of hydrogen-bond acceptors (Lipinski definition) is 2. The van der Waals surface area contributed by atoms with Crippen molar-refractivity contribution in [1.82, 2.24) is 9.55 Å². The first-order valence-electron chi connectivity index (χ1n) is 5.77. The standard InChI is InChI=1S/C14H11BrFN3/c1-8-4-2-6-10(12(8)15)19-11-7-3-5-9(16)13(11)18-14(19)17/h2-7H,1H3,(H2,17,18). The lowest BCUT2D eigenvalue weighted by atomic mass is 10.2. The van der Waals surface area contributed by atoms with Crippen molar-refractivity contribution in [2.24, 2.45) is 0 Å². The third-order valence-electron chi connectivity index (χ3n) is 3.07. The molecular formula is C14H11BrFN3. The Balaban J connectivity index is 2.40. The molecular weight excluding hydrogens is 309 g/mol. The van der Waals surface area contributed by atoms with Gasteiger partial charge in [0.2, 0.25) is 5.95 Å². The monoisotopic (exact) mass is 319 g/mol. The molecule has 5 heteroatoms. The van der Waals surface area contributed by atoms with Crippen molar-refractivity contribution in [2.75, 3.05) is 5.73 Å². The predicted molar refractivity (Wildman–Crippen MR) is 77.9 cm³/mol. The van der Waals surface area contributed by atoms with Crippen molar-refractivity contribution >= 4 is 32.9 Å². The van der Waals surface area contributed by atoms with Crippen LogP contribution in [0.5, 0.6) is 0 Å². The van der Waals surface area contributed by atoms with Crippen LogP contribution in [-0.2, 0) is 0 Å². The van der Waals surface area contributed by atoms with Gasteiger partial charge in [0.25, 0.3) is 0 Å². The minimum atomic E-state index is -0.369. The third kappa shape index (κ3) is 1.81. The van der Waals surface area contributed by atoms with Crippen molar-refractivity contribution in [1.29, 1.82) is 0 Å². The second-order valence-electron chi connectivity index (χ2n) is 4.32. The number of rotatable bonds is 1. The molecule has 3 rings (SSSR count). The minimum Gasteiger partial charge on any atom is -0.369 e. The third-order valence-corrected chi connectivity index (χ3v) is 4.11. The number of para-hydroxylation sites is 1. The smallest absolute Gasteiger partial charge is 0.206 e. The average Bonchev–Trinajstić information content (AvgIpc) is 2.71. The molecule has 0 bridgehead atoms. The number of fused-ring (bicyclic) bond motifs is 1. The highest BCUT2D eigenvalue weighted by atomic mass is 79.9. The van der Waals surface area contributed by atoms with Crippen molar-refractivity contribution in [2.45, 2.75) is 6.92 Å². The van der Waals surface area contributed by atoms with E-state index >= 15 is 0 Å². The number of hydrogen-bond donors (Lipinski definition) is 1. The second kappa shape index (κ2) is 4.35. The Labute approximate surface area is 118 Å². The maximum absolute atomic E-state index is 13.7. The molecule has 0 radical (unpaired) electrons. The maximum Gasteiger partial charge on any atom is 0.206 e. The molecule has 0 spiro atoms. The van der Waals surface area contributed by atoms with Crippen LogP contribution in [0.25, 0.3) is 16.7 Å². The van der Waals surface area contributed by atoms with Gasteiger partial charge in [0.1, 0.15) is 5.52 Å². The van der Waals surface area contributed by atoms with Crippen molar-refractivity contribution in [3.8, 4) is 5.69 Å². The molecule has 0 saturated carbocycles. The van der Waals surface area contributed by atoms with Gasteiger partial charge in [-0.15, -0.1) is 0 Å². The molecule has 0 unspecified atom stereocenters. The van der Waals surface area contributed by atoms with Crippen LogP contribution in [0.4, 0.5) is 10.3 Å². The fraction of sp³-hybridized carbons (Fsp3) is 0.0714. The molecule has 2 N–H and O–H groups in total. The number of anilines is 1. The van der Waals surface area contributed by atoms with Gasteiger partial charge in [-0.3, -0.25) is 4.57 Å². The van der Waals surface area contributed by atoms with Crippen LogP contribution >= 0.6 is 15.9 Å². The quantitative estimate of drug-likeness (QED) is 0.741. The summed E-state index contributed by atoms with van der Waals surface area (Å²) in [7, 11) is 0. The molecule has 0 fully saturated rings. The number of aromatic nitrogens is 2. The highest BCUT2D eigenvalue weighted by molar-refractivity contribution is 9.10. The Morgan fingerprint density at radius 1 is 1.21 bits per heavy atom. The van der Waals surface area contributed by atoms with Crippen LogP contribution in [-0.4, -0.2) is 9.55 Å². The first-order chi connectivity index (χ1) is 9.09. The van der Waals surface area contributed by atoms with E-state index in [1.807, 2.05) is 25.1 Å². The second-order valence-corrected chi connectivity index (χ2v) is 5.11. The van der Waals surface area contributed by atoms with Crippen LogP contribution in [0.15, 0.2) is 40.9 Å². The molecule has 0 saturated heterocycles. The normalized spacial score (nSPS) is 11.1. The molecule has 1 heterocycles. The Kier molecular flexibility index (Phi) is 2.78. The Morgan fingerprint density at radius 3 is 2.74 bits per heavy atom. The Morgan fingerprint density at radius 2 is 1.95 bits per heavy atom. The lowest BCUT2D eigenvalue weighted by Gasteiger charge is -2.10. The minimum absolute atomic E-state index is 0.270. The zero-order valence-electron chi connectivity index (χ0n) is 10.2. The number of nitrogen functional groups attached to an aromatic ring is 1. The number of imidazole rings is 1. The van der Waals surface area contributed by atoms with Crippen LogP contribution in [0.2, 0.25) is 0 Å². The highest BCUT2D eigenvalue weighted by Gasteiger charge is 2.15. The molecule has 2 aromatic carbocycles. The van der Waals surface area contributed by atoms with E-state index in [-0.39, 0.29) is 17.3 Å². The predicted octanol–water partition coefficient (Wildman–Crippen LogP) is 3.82. The summed E-state index contributed by atoms with van der Waals surface area (Å²) in [5.41, 5.74) is 8.81. The van der Waals surface area contributed by atoms with Gasteiger partial charge < -0.3 is 5.73 Å². The molecule has 0 amide bonds. The van der Waals surface area contributed by atoms with E-state index in [1.54, 1.807) is 16.7 Å². The number of aryl methyl sites for hydroxylation is 1. The molecule has 19 heavy (non-hydrogen) atoms. The van der Waals surface area contributed by atoms with Crippen molar-refractivity contribution in [3.63, 3.8) is 0 Å². The van der Waals surface area contributed by atoms with Crippen LogP contribution in [0.1, 0.15) is 5.56 Å². The SMILES string of the molecule is Cc1cccc(-n2c(N)nc3c(F)cccc32)c1Br. The summed E-state index contributed by atoms with van der Waals surface area (Å²) >= 11 is 3.54. The molecule has 0 aliphatic rings. The van der Waals surface area contributed by atoms with E-state index in [9.17, 15) is 4.39 Å². The van der Waals surface area contributed by atoms with E-state index in [0.717, 1.165) is 15.7 Å². The van der Waals surface area contributed by atoms with E-state index in [1.165, 1.54) is 6.07 Å². The summed E-state index contributed by atoms with van der Waals surface area (Å²) in [5.74, 6) is -0.0990. The van der Waals surface area contributed by atoms with Gasteiger partial charge in [-0.1, -0.05) is 18.2 Å². The van der Waals surface area contributed by atoms with Crippen molar-refractivity contribution < 1.29 is 4.39 Å². The molecule has 3 nitrogen and oxygen atoms in total. The first-order valence-corrected chi connectivity index (χ1v) is 6.57. The van der Waals surface area contributed by atoms with Gasteiger partial charge in [0.15, 0.2) is 5.82 Å². The lowest BCUT2D eigenvalue weighted by molar-refractivity contribution is 0.637. The summed E-state index contributed by atoms with van der Waals surface area (Å²) in [6, 6.07) is 10.7. The fourth-order valence-electron chi connectivity index (χ4n) is 2.14. The summed E-state index contributed by atoms with van der Waals surface area (Å²) in [6.07, 6.45) is 0. The van der Waals surface area contributed by atoms with Gasteiger partial charge in [0.05, 0.1) is 11.2 Å². The van der Waals surface area contributed by atoms with Gasteiger partial charge in [-0.25, -0.2) is 9.37 Å². The molecule has 0 atom stereocenters. The van der Waals surface area contributed by atoms with E-state index in [2.05, 4.69) is 20.9 Å². The van der Waals surface area contributed by atoms with Gasteiger partial charge in [0, 0.05) is 4.47 Å². The Hall–Kier alpha value is -1.88.